The number of carbonyl (C=O) groups is 1. The Balaban J connectivity index is 1.85. The van der Waals surface area contributed by atoms with Crippen LogP contribution in [0.4, 0.5) is 22.0 Å². The SMILES string of the molecule is CCNc1ncc(C#N)cc1N(CCN1CCC(O)CC1)C(=O)Nc1cccnc1. The van der Waals surface area contributed by atoms with Crippen molar-refractivity contribution in [2.24, 2.45) is 0 Å². The first-order valence-corrected chi connectivity index (χ1v) is 10.1. The number of aliphatic hydroxyl groups is 1. The molecular formula is C21H27N7O2. The number of carbonyl (C=O) groups excluding carboxylic acids is 1. The Morgan fingerprint density at radius 3 is 2.87 bits per heavy atom. The fourth-order valence-corrected chi connectivity index (χ4v) is 3.37. The molecule has 3 N–H and O–H groups in total. The van der Waals surface area contributed by atoms with E-state index in [1.807, 2.05) is 6.92 Å². The Morgan fingerprint density at radius 1 is 1.40 bits per heavy atom. The summed E-state index contributed by atoms with van der Waals surface area (Å²) in [6.45, 7) is 5.22. The Labute approximate surface area is 176 Å². The first-order valence-electron chi connectivity index (χ1n) is 10.1. The summed E-state index contributed by atoms with van der Waals surface area (Å²) in [6, 6.07) is 6.96. The highest BCUT2D eigenvalue weighted by atomic mass is 16.3. The summed E-state index contributed by atoms with van der Waals surface area (Å²) in [6.07, 6.45) is 5.93. The molecule has 0 spiro atoms. The van der Waals surface area contributed by atoms with Crippen LogP contribution in [0.15, 0.2) is 36.8 Å². The Hall–Kier alpha value is -3.22. The van der Waals surface area contributed by atoms with Gasteiger partial charge < -0.3 is 20.6 Å². The largest absolute Gasteiger partial charge is 0.393 e. The molecule has 0 bridgehead atoms. The Bertz CT molecular complexity index is 877. The summed E-state index contributed by atoms with van der Waals surface area (Å²) in [4.78, 5) is 25.4. The number of likely N-dealkylation sites (tertiary alicyclic amines) is 1. The molecule has 0 unspecified atom stereocenters. The zero-order valence-electron chi connectivity index (χ0n) is 17.1. The summed E-state index contributed by atoms with van der Waals surface area (Å²) in [7, 11) is 0. The number of hydrogen-bond acceptors (Lipinski definition) is 7. The van der Waals surface area contributed by atoms with Crippen LogP contribution in [0, 0.1) is 11.3 Å². The van der Waals surface area contributed by atoms with Crippen molar-refractivity contribution in [3.05, 3.63) is 42.4 Å². The van der Waals surface area contributed by atoms with Gasteiger partial charge in [0.25, 0.3) is 0 Å². The number of aromatic nitrogens is 2. The molecule has 2 aromatic heterocycles. The van der Waals surface area contributed by atoms with Crippen LogP contribution in [0.3, 0.4) is 0 Å². The van der Waals surface area contributed by atoms with Gasteiger partial charge in [-0.3, -0.25) is 9.88 Å². The molecule has 0 aliphatic carbocycles. The zero-order valence-corrected chi connectivity index (χ0v) is 17.1. The number of hydrogen-bond donors (Lipinski definition) is 3. The molecule has 0 atom stereocenters. The van der Waals surface area contributed by atoms with E-state index in [-0.39, 0.29) is 12.1 Å². The van der Waals surface area contributed by atoms with Gasteiger partial charge in [-0.2, -0.15) is 5.26 Å². The molecule has 158 valence electrons. The second kappa shape index (κ2) is 10.5. The monoisotopic (exact) mass is 409 g/mol. The van der Waals surface area contributed by atoms with E-state index in [2.05, 4.69) is 31.6 Å². The standard InChI is InChI=1S/C21H27N7O2/c1-2-24-20-19(12-16(13-22)14-25-20)28(11-10-27-8-5-18(29)6-9-27)21(30)26-17-4-3-7-23-15-17/h3-4,7,12,14-15,18,29H,2,5-6,8-11H2,1H3,(H,24,25)(H,26,30). The van der Waals surface area contributed by atoms with Crippen LogP contribution in [0.1, 0.15) is 25.3 Å². The molecule has 1 aliphatic heterocycles. The van der Waals surface area contributed by atoms with Crippen molar-refractivity contribution in [3.8, 4) is 6.07 Å². The van der Waals surface area contributed by atoms with Gasteiger partial charge in [-0.05, 0) is 38.0 Å². The van der Waals surface area contributed by atoms with Crippen LogP contribution < -0.4 is 15.5 Å². The van der Waals surface area contributed by atoms with Crippen molar-refractivity contribution in [3.63, 3.8) is 0 Å². The Kier molecular flexibility index (Phi) is 7.54. The maximum absolute atomic E-state index is 13.2. The predicted octanol–water partition coefficient (Wildman–Crippen LogP) is 2.28. The summed E-state index contributed by atoms with van der Waals surface area (Å²) >= 11 is 0. The molecule has 0 saturated carbocycles. The van der Waals surface area contributed by atoms with Gasteiger partial charge in [0.15, 0.2) is 0 Å². The van der Waals surface area contributed by atoms with Gasteiger partial charge in [0, 0.05) is 45.1 Å². The molecular weight excluding hydrogens is 382 g/mol. The third-order valence-electron chi connectivity index (χ3n) is 4.99. The molecule has 2 aromatic rings. The summed E-state index contributed by atoms with van der Waals surface area (Å²) in [5.74, 6) is 0.548. The smallest absolute Gasteiger partial charge is 0.326 e. The van der Waals surface area contributed by atoms with E-state index in [1.165, 1.54) is 6.20 Å². The summed E-state index contributed by atoms with van der Waals surface area (Å²) in [5, 5.41) is 25.1. The van der Waals surface area contributed by atoms with Crippen molar-refractivity contribution in [2.45, 2.75) is 25.9 Å². The van der Waals surface area contributed by atoms with Gasteiger partial charge in [-0.15, -0.1) is 0 Å². The van der Waals surface area contributed by atoms with E-state index in [9.17, 15) is 15.2 Å². The molecule has 0 radical (unpaired) electrons. The normalized spacial score (nSPS) is 14.7. The van der Waals surface area contributed by atoms with Crippen LogP contribution in [-0.2, 0) is 0 Å². The van der Waals surface area contributed by atoms with Gasteiger partial charge in [0.1, 0.15) is 11.9 Å². The third kappa shape index (κ3) is 5.65. The maximum atomic E-state index is 13.2. The van der Waals surface area contributed by atoms with E-state index >= 15 is 0 Å². The van der Waals surface area contributed by atoms with Crippen molar-refractivity contribution in [2.75, 3.05) is 48.3 Å². The number of nitriles is 1. The third-order valence-corrected chi connectivity index (χ3v) is 4.99. The number of nitrogens with one attached hydrogen (secondary N) is 2. The fourth-order valence-electron chi connectivity index (χ4n) is 3.37. The van der Waals surface area contributed by atoms with E-state index in [4.69, 9.17) is 0 Å². The van der Waals surface area contributed by atoms with E-state index in [1.54, 1.807) is 35.5 Å². The minimum absolute atomic E-state index is 0.247. The number of urea groups is 1. The van der Waals surface area contributed by atoms with Gasteiger partial charge >= 0.3 is 6.03 Å². The minimum atomic E-state index is -0.323. The maximum Gasteiger partial charge on any atom is 0.326 e. The van der Waals surface area contributed by atoms with E-state index < -0.39 is 0 Å². The van der Waals surface area contributed by atoms with Crippen LogP contribution in [0.2, 0.25) is 0 Å². The van der Waals surface area contributed by atoms with Crippen molar-refractivity contribution < 1.29 is 9.90 Å². The molecule has 30 heavy (non-hydrogen) atoms. The van der Waals surface area contributed by atoms with E-state index in [0.29, 0.717) is 42.4 Å². The zero-order chi connectivity index (χ0) is 21.3. The lowest BCUT2D eigenvalue weighted by atomic mass is 10.1. The molecule has 3 heterocycles. The van der Waals surface area contributed by atoms with Crippen LogP contribution in [0.25, 0.3) is 0 Å². The molecule has 1 aliphatic rings. The lowest BCUT2D eigenvalue weighted by Gasteiger charge is -2.32. The molecule has 2 amide bonds. The molecule has 9 nitrogen and oxygen atoms in total. The first-order chi connectivity index (χ1) is 14.6. The Morgan fingerprint density at radius 2 is 2.20 bits per heavy atom. The highest BCUT2D eigenvalue weighted by Gasteiger charge is 2.23. The summed E-state index contributed by atoms with van der Waals surface area (Å²) in [5.41, 5.74) is 1.52. The second-order valence-corrected chi connectivity index (χ2v) is 7.13. The van der Waals surface area contributed by atoms with Gasteiger partial charge in [0.2, 0.25) is 0 Å². The quantitative estimate of drug-likeness (QED) is 0.642. The first kappa shape index (κ1) is 21.5. The van der Waals surface area contributed by atoms with Crippen molar-refractivity contribution >= 4 is 23.2 Å². The lowest BCUT2D eigenvalue weighted by molar-refractivity contribution is 0.0840. The fraction of sp³-hybridized carbons (Fsp3) is 0.429. The molecule has 0 aromatic carbocycles. The number of nitrogens with zero attached hydrogens (tertiary/aromatic N) is 5. The van der Waals surface area contributed by atoms with Crippen molar-refractivity contribution in [1.82, 2.24) is 14.9 Å². The van der Waals surface area contributed by atoms with Crippen molar-refractivity contribution in [1.29, 1.82) is 5.26 Å². The average molecular weight is 409 g/mol. The number of piperidine rings is 1. The van der Waals surface area contributed by atoms with Gasteiger partial charge in [0.05, 0.1) is 29.2 Å². The lowest BCUT2D eigenvalue weighted by Crippen LogP contribution is -2.44. The van der Waals surface area contributed by atoms with Crippen LogP contribution >= 0.6 is 0 Å². The van der Waals surface area contributed by atoms with E-state index in [0.717, 1.165) is 25.9 Å². The minimum Gasteiger partial charge on any atom is -0.393 e. The highest BCUT2D eigenvalue weighted by molar-refractivity contribution is 6.03. The number of rotatable bonds is 7. The average Bonchev–Trinajstić information content (AvgIpc) is 2.77. The van der Waals surface area contributed by atoms with Crippen LogP contribution in [0.5, 0.6) is 0 Å². The number of pyridine rings is 2. The molecule has 1 saturated heterocycles. The number of aliphatic hydroxyl groups excluding tert-OH is 1. The number of amides is 2. The highest BCUT2D eigenvalue weighted by Crippen LogP contribution is 2.26. The van der Waals surface area contributed by atoms with Gasteiger partial charge in [-0.1, -0.05) is 0 Å². The predicted molar refractivity (Wildman–Crippen MR) is 115 cm³/mol. The van der Waals surface area contributed by atoms with Gasteiger partial charge in [-0.25, -0.2) is 9.78 Å². The van der Waals surface area contributed by atoms with Crippen LogP contribution in [-0.4, -0.2) is 64.8 Å². The molecule has 3 rings (SSSR count). The second-order valence-electron chi connectivity index (χ2n) is 7.13. The summed E-state index contributed by atoms with van der Waals surface area (Å²) < 4.78 is 0. The topological polar surface area (TPSA) is 117 Å². The number of anilines is 3. The molecule has 9 heteroatoms. The molecule has 1 fully saturated rings.